The molecule has 1 unspecified atom stereocenters. The number of carboxylic acid groups (broad SMARTS) is 1. The Bertz CT molecular complexity index is 417. The highest BCUT2D eigenvalue weighted by Gasteiger charge is 2.50. The van der Waals surface area contributed by atoms with Crippen molar-refractivity contribution in [3.05, 3.63) is 35.6 Å². The molecule has 16 heavy (non-hydrogen) atoms. The minimum Gasteiger partial charge on any atom is -0.480 e. The van der Waals surface area contributed by atoms with Gasteiger partial charge in [0, 0.05) is 5.56 Å². The summed E-state index contributed by atoms with van der Waals surface area (Å²) >= 11 is 0. The first kappa shape index (κ1) is 11.0. The Hall–Kier alpha value is -1.46. The summed E-state index contributed by atoms with van der Waals surface area (Å²) in [5, 5.41) is 8.93. The Labute approximate surface area is 91.8 Å². The van der Waals surface area contributed by atoms with Crippen molar-refractivity contribution in [2.45, 2.75) is 11.5 Å². The van der Waals surface area contributed by atoms with Crippen LogP contribution in [0.5, 0.6) is 0 Å². The van der Waals surface area contributed by atoms with Gasteiger partial charge in [0.05, 0.1) is 18.6 Å². The molecule has 1 aromatic carbocycles. The Kier molecular flexibility index (Phi) is 2.65. The summed E-state index contributed by atoms with van der Waals surface area (Å²) in [7, 11) is 0. The van der Waals surface area contributed by atoms with Crippen molar-refractivity contribution in [3.8, 4) is 0 Å². The maximum Gasteiger partial charge on any atom is 0.321 e. The molecular weight excluding hydrogens is 213 g/mol. The molecule has 0 bridgehead atoms. The van der Waals surface area contributed by atoms with Crippen molar-refractivity contribution in [3.63, 3.8) is 0 Å². The molecule has 1 aliphatic heterocycles. The van der Waals surface area contributed by atoms with Crippen LogP contribution >= 0.6 is 0 Å². The van der Waals surface area contributed by atoms with E-state index in [0.29, 0.717) is 5.56 Å². The SMILES string of the molecule is NC(C(=O)O)C1(c2ccccc2F)COC1. The number of halogens is 1. The standard InChI is InChI=1S/C11H12FNO3/c12-8-4-2-1-3-7(8)11(5-16-6-11)9(13)10(14)15/h1-4,9H,5-6,13H2,(H,14,15). The normalized spacial score (nSPS) is 19.9. The first-order valence-corrected chi connectivity index (χ1v) is 4.89. The molecular formula is C11H12FNO3. The van der Waals surface area contributed by atoms with E-state index in [1.165, 1.54) is 6.07 Å². The number of benzene rings is 1. The molecule has 0 aliphatic carbocycles. The van der Waals surface area contributed by atoms with E-state index in [9.17, 15) is 9.18 Å². The third-order valence-electron chi connectivity index (χ3n) is 2.99. The lowest BCUT2D eigenvalue weighted by atomic mass is 9.72. The topological polar surface area (TPSA) is 72.6 Å². The van der Waals surface area contributed by atoms with E-state index >= 15 is 0 Å². The molecule has 3 N–H and O–H groups in total. The molecule has 1 fully saturated rings. The number of aliphatic carboxylic acids is 1. The third-order valence-corrected chi connectivity index (χ3v) is 2.99. The monoisotopic (exact) mass is 225 g/mol. The lowest BCUT2D eigenvalue weighted by molar-refractivity contribution is -0.149. The average Bonchev–Trinajstić information content (AvgIpc) is 2.18. The molecule has 2 rings (SSSR count). The Morgan fingerprint density at radius 1 is 1.50 bits per heavy atom. The largest absolute Gasteiger partial charge is 0.480 e. The highest BCUT2D eigenvalue weighted by Crippen LogP contribution is 2.36. The zero-order chi connectivity index (χ0) is 11.8. The number of carbonyl (C=O) groups is 1. The predicted molar refractivity (Wildman–Crippen MR) is 54.5 cm³/mol. The van der Waals surface area contributed by atoms with E-state index in [1.54, 1.807) is 18.2 Å². The van der Waals surface area contributed by atoms with E-state index in [0.717, 1.165) is 0 Å². The smallest absolute Gasteiger partial charge is 0.321 e. The second-order valence-corrected chi connectivity index (χ2v) is 3.94. The van der Waals surface area contributed by atoms with Crippen molar-refractivity contribution < 1.29 is 19.0 Å². The van der Waals surface area contributed by atoms with Gasteiger partial charge in [-0.2, -0.15) is 0 Å². The fourth-order valence-corrected chi connectivity index (χ4v) is 1.93. The van der Waals surface area contributed by atoms with Crippen LogP contribution in [-0.4, -0.2) is 30.3 Å². The summed E-state index contributed by atoms with van der Waals surface area (Å²) in [4.78, 5) is 10.9. The van der Waals surface area contributed by atoms with Gasteiger partial charge in [0.25, 0.3) is 0 Å². The Morgan fingerprint density at radius 2 is 2.12 bits per heavy atom. The lowest BCUT2D eigenvalue weighted by Gasteiger charge is -2.44. The summed E-state index contributed by atoms with van der Waals surface area (Å²) in [6.07, 6.45) is 0. The summed E-state index contributed by atoms with van der Waals surface area (Å²) in [6.45, 7) is 0.281. The minimum atomic E-state index is -1.15. The molecule has 0 amide bonds. The van der Waals surface area contributed by atoms with Gasteiger partial charge in [-0.1, -0.05) is 18.2 Å². The number of nitrogens with two attached hydrogens (primary N) is 1. The van der Waals surface area contributed by atoms with Gasteiger partial charge in [-0.3, -0.25) is 4.79 Å². The number of rotatable bonds is 3. The molecule has 0 spiro atoms. The van der Waals surface area contributed by atoms with Gasteiger partial charge in [0.15, 0.2) is 0 Å². The first-order chi connectivity index (χ1) is 7.58. The van der Waals surface area contributed by atoms with E-state index < -0.39 is 23.2 Å². The van der Waals surface area contributed by atoms with Crippen LogP contribution in [0.3, 0.4) is 0 Å². The van der Waals surface area contributed by atoms with Crippen LogP contribution in [0.1, 0.15) is 5.56 Å². The number of ether oxygens (including phenoxy) is 1. The van der Waals surface area contributed by atoms with Gasteiger partial charge in [0.1, 0.15) is 11.9 Å². The molecule has 1 atom stereocenters. The van der Waals surface area contributed by atoms with E-state index in [-0.39, 0.29) is 13.2 Å². The maximum absolute atomic E-state index is 13.6. The van der Waals surface area contributed by atoms with Gasteiger partial charge >= 0.3 is 5.97 Å². The van der Waals surface area contributed by atoms with Crippen LogP contribution in [-0.2, 0) is 14.9 Å². The Balaban J connectivity index is 2.43. The zero-order valence-electron chi connectivity index (χ0n) is 8.52. The molecule has 5 heteroatoms. The van der Waals surface area contributed by atoms with Gasteiger partial charge in [-0.05, 0) is 6.07 Å². The number of hydrogen-bond donors (Lipinski definition) is 2. The highest BCUT2D eigenvalue weighted by atomic mass is 19.1. The second kappa shape index (κ2) is 3.84. The van der Waals surface area contributed by atoms with Crippen LogP contribution in [0.25, 0.3) is 0 Å². The summed E-state index contributed by atoms with van der Waals surface area (Å²) in [6, 6.07) is 4.91. The average molecular weight is 225 g/mol. The fourth-order valence-electron chi connectivity index (χ4n) is 1.93. The van der Waals surface area contributed by atoms with Crippen molar-refractivity contribution in [1.82, 2.24) is 0 Å². The van der Waals surface area contributed by atoms with Crippen molar-refractivity contribution >= 4 is 5.97 Å². The first-order valence-electron chi connectivity index (χ1n) is 4.89. The van der Waals surface area contributed by atoms with Crippen molar-refractivity contribution in [2.75, 3.05) is 13.2 Å². The predicted octanol–water partition coefficient (Wildman–Crippen LogP) is 0.506. The fraction of sp³-hybridized carbons (Fsp3) is 0.364. The van der Waals surface area contributed by atoms with Crippen molar-refractivity contribution in [1.29, 1.82) is 0 Å². The van der Waals surface area contributed by atoms with E-state index in [4.69, 9.17) is 15.6 Å². The van der Waals surface area contributed by atoms with Crippen LogP contribution in [0.4, 0.5) is 4.39 Å². The van der Waals surface area contributed by atoms with Gasteiger partial charge in [-0.25, -0.2) is 4.39 Å². The van der Waals surface area contributed by atoms with Crippen LogP contribution in [0, 0.1) is 5.82 Å². The lowest BCUT2D eigenvalue weighted by Crippen LogP contribution is -2.62. The molecule has 4 nitrogen and oxygen atoms in total. The molecule has 0 saturated carbocycles. The third kappa shape index (κ3) is 1.48. The molecule has 1 aromatic rings. The van der Waals surface area contributed by atoms with Gasteiger partial charge in [-0.15, -0.1) is 0 Å². The molecule has 86 valence electrons. The van der Waals surface area contributed by atoms with E-state index in [2.05, 4.69) is 0 Å². The van der Waals surface area contributed by atoms with Crippen molar-refractivity contribution in [2.24, 2.45) is 5.73 Å². The van der Waals surface area contributed by atoms with Gasteiger partial charge in [0.2, 0.25) is 0 Å². The minimum absolute atomic E-state index is 0.140. The molecule has 0 radical (unpaired) electrons. The highest BCUT2D eigenvalue weighted by molar-refractivity contribution is 5.76. The quantitative estimate of drug-likeness (QED) is 0.786. The Morgan fingerprint density at radius 3 is 2.56 bits per heavy atom. The molecule has 1 aliphatic rings. The maximum atomic E-state index is 13.6. The van der Waals surface area contributed by atoms with Crippen LogP contribution in [0.2, 0.25) is 0 Å². The van der Waals surface area contributed by atoms with E-state index in [1.807, 2.05) is 0 Å². The zero-order valence-corrected chi connectivity index (χ0v) is 8.52. The molecule has 1 saturated heterocycles. The molecule has 1 heterocycles. The van der Waals surface area contributed by atoms with Crippen LogP contribution in [0.15, 0.2) is 24.3 Å². The number of carboxylic acids is 1. The van der Waals surface area contributed by atoms with Gasteiger partial charge < -0.3 is 15.6 Å². The van der Waals surface area contributed by atoms with Crippen LogP contribution < -0.4 is 5.73 Å². The molecule has 0 aromatic heterocycles. The summed E-state index contributed by atoms with van der Waals surface area (Å²) in [5.74, 6) is -1.59. The summed E-state index contributed by atoms with van der Waals surface area (Å²) < 4.78 is 18.6. The number of hydrogen-bond acceptors (Lipinski definition) is 3. The second-order valence-electron chi connectivity index (χ2n) is 3.94. The summed E-state index contributed by atoms with van der Waals surface area (Å²) in [5.41, 5.74) is 4.99.